The van der Waals surface area contributed by atoms with Gasteiger partial charge in [-0.05, 0) is 45.0 Å². The third-order valence-corrected chi connectivity index (χ3v) is 4.78. The highest BCUT2D eigenvalue weighted by molar-refractivity contribution is 7.09. The summed E-state index contributed by atoms with van der Waals surface area (Å²) in [5.41, 5.74) is 0.843. The molecule has 0 bridgehead atoms. The Kier molecular flexibility index (Phi) is 4.90. The first-order valence-electron chi connectivity index (χ1n) is 7.67. The molecule has 118 valence electrons. The van der Waals surface area contributed by atoms with Crippen LogP contribution < -0.4 is 5.32 Å². The highest BCUT2D eigenvalue weighted by atomic mass is 32.1. The van der Waals surface area contributed by atoms with E-state index >= 15 is 0 Å². The van der Waals surface area contributed by atoms with E-state index < -0.39 is 0 Å². The molecule has 0 saturated carbocycles. The van der Waals surface area contributed by atoms with Gasteiger partial charge in [0.2, 0.25) is 5.91 Å². The molecule has 2 aromatic rings. The van der Waals surface area contributed by atoms with Crippen LogP contribution in [0, 0.1) is 6.92 Å². The number of thiazole rings is 1. The quantitative estimate of drug-likeness (QED) is 0.889. The van der Waals surface area contributed by atoms with Gasteiger partial charge >= 0.3 is 0 Å². The first kappa shape index (κ1) is 15.2. The van der Waals surface area contributed by atoms with Crippen LogP contribution in [0.5, 0.6) is 0 Å². The average Bonchev–Trinajstić information content (AvgIpc) is 3.22. The first-order chi connectivity index (χ1) is 10.7. The van der Waals surface area contributed by atoms with E-state index in [0.29, 0.717) is 13.0 Å². The van der Waals surface area contributed by atoms with Gasteiger partial charge in [-0.15, -0.1) is 11.3 Å². The van der Waals surface area contributed by atoms with Crippen molar-refractivity contribution < 1.29 is 9.21 Å². The minimum atomic E-state index is 0.0149. The number of carbonyl (C=O) groups excluding carboxylic acids is 1. The molecule has 2 aromatic heterocycles. The van der Waals surface area contributed by atoms with E-state index in [0.717, 1.165) is 29.6 Å². The summed E-state index contributed by atoms with van der Waals surface area (Å²) in [5.74, 6) is 0.938. The largest absolute Gasteiger partial charge is 0.468 e. The Bertz CT molecular complexity index is 603. The molecule has 0 spiro atoms. The predicted octanol–water partition coefficient (Wildman–Crippen LogP) is 2.54. The molecule has 1 atom stereocenters. The number of nitrogens with one attached hydrogen (secondary N) is 1. The van der Waals surface area contributed by atoms with E-state index in [-0.39, 0.29) is 11.9 Å². The summed E-state index contributed by atoms with van der Waals surface area (Å²) < 4.78 is 5.56. The number of aryl methyl sites for hydroxylation is 1. The molecule has 3 rings (SSSR count). The van der Waals surface area contributed by atoms with Gasteiger partial charge in [-0.3, -0.25) is 9.69 Å². The number of hydrogen-bond donors (Lipinski definition) is 1. The van der Waals surface area contributed by atoms with Crippen molar-refractivity contribution in [1.29, 1.82) is 0 Å². The maximum Gasteiger partial charge on any atom is 0.226 e. The van der Waals surface area contributed by atoms with E-state index in [1.165, 1.54) is 12.8 Å². The SMILES string of the molecule is Cc1nc(CC(=O)NC[C@@H](c2ccco2)N2CCCC2)cs1. The second kappa shape index (κ2) is 7.07. The van der Waals surface area contributed by atoms with Crippen LogP contribution >= 0.6 is 11.3 Å². The van der Waals surface area contributed by atoms with Crippen molar-refractivity contribution >= 4 is 17.2 Å². The second-order valence-corrected chi connectivity index (χ2v) is 6.68. The Labute approximate surface area is 134 Å². The summed E-state index contributed by atoms with van der Waals surface area (Å²) in [7, 11) is 0. The number of amides is 1. The van der Waals surface area contributed by atoms with Gasteiger partial charge in [-0.25, -0.2) is 4.98 Å². The number of likely N-dealkylation sites (tertiary alicyclic amines) is 1. The molecular weight excluding hydrogens is 298 g/mol. The predicted molar refractivity (Wildman–Crippen MR) is 85.8 cm³/mol. The number of carbonyl (C=O) groups is 1. The van der Waals surface area contributed by atoms with Crippen LogP contribution in [0.25, 0.3) is 0 Å². The minimum absolute atomic E-state index is 0.0149. The molecule has 0 aromatic carbocycles. The average molecular weight is 319 g/mol. The van der Waals surface area contributed by atoms with E-state index in [2.05, 4.69) is 15.2 Å². The second-order valence-electron chi connectivity index (χ2n) is 5.61. The van der Waals surface area contributed by atoms with Crippen molar-refractivity contribution in [2.45, 2.75) is 32.2 Å². The van der Waals surface area contributed by atoms with Gasteiger partial charge in [-0.2, -0.15) is 0 Å². The molecule has 1 fully saturated rings. The van der Waals surface area contributed by atoms with E-state index in [9.17, 15) is 4.79 Å². The summed E-state index contributed by atoms with van der Waals surface area (Å²) in [6.07, 6.45) is 4.46. The maximum absolute atomic E-state index is 12.1. The van der Waals surface area contributed by atoms with Crippen molar-refractivity contribution in [3.05, 3.63) is 40.2 Å². The van der Waals surface area contributed by atoms with E-state index in [1.807, 2.05) is 24.4 Å². The van der Waals surface area contributed by atoms with Crippen molar-refractivity contribution in [3.63, 3.8) is 0 Å². The molecular formula is C16H21N3O2S. The van der Waals surface area contributed by atoms with Crippen LogP contribution in [0.3, 0.4) is 0 Å². The van der Waals surface area contributed by atoms with E-state index in [4.69, 9.17) is 4.42 Å². The summed E-state index contributed by atoms with van der Waals surface area (Å²) in [5, 5.41) is 5.97. The molecule has 22 heavy (non-hydrogen) atoms. The molecule has 6 heteroatoms. The van der Waals surface area contributed by atoms with E-state index in [1.54, 1.807) is 17.6 Å². The fraction of sp³-hybridized carbons (Fsp3) is 0.500. The Morgan fingerprint density at radius 2 is 2.32 bits per heavy atom. The van der Waals surface area contributed by atoms with Gasteiger partial charge in [0, 0.05) is 11.9 Å². The lowest BCUT2D eigenvalue weighted by Crippen LogP contribution is -2.37. The van der Waals surface area contributed by atoms with Crippen LogP contribution in [0.4, 0.5) is 0 Å². The fourth-order valence-corrected chi connectivity index (χ4v) is 3.48. The van der Waals surface area contributed by atoms with Crippen LogP contribution in [-0.4, -0.2) is 35.4 Å². The summed E-state index contributed by atoms with van der Waals surface area (Å²) >= 11 is 1.57. The first-order valence-corrected chi connectivity index (χ1v) is 8.55. The number of aromatic nitrogens is 1. The van der Waals surface area contributed by atoms with Gasteiger partial charge in [0.1, 0.15) is 5.76 Å². The summed E-state index contributed by atoms with van der Waals surface area (Å²) in [6, 6.07) is 4.01. The number of nitrogens with zero attached hydrogens (tertiary/aromatic N) is 2. The number of furan rings is 1. The number of hydrogen-bond acceptors (Lipinski definition) is 5. The lowest BCUT2D eigenvalue weighted by atomic mass is 10.2. The Balaban J connectivity index is 1.57. The maximum atomic E-state index is 12.1. The van der Waals surface area contributed by atoms with Crippen LogP contribution in [0.1, 0.15) is 35.3 Å². The molecule has 1 N–H and O–H groups in total. The molecule has 1 aliphatic rings. The van der Waals surface area contributed by atoms with Gasteiger partial charge in [-0.1, -0.05) is 0 Å². The Morgan fingerprint density at radius 3 is 2.95 bits per heavy atom. The zero-order chi connectivity index (χ0) is 15.4. The smallest absolute Gasteiger partial charge is 0.226 e. The Morgan fingerprint density at radius 1 is 1.50 bits per heavy atom. The van der Waals surface area contributed by atoms with Crippen molar-refractivity contribution in [2.75, 3.05) is 19.6 Å². The molecule has 0 unspecified atom stereocenters. The molecule has 1 saturated heterocycles. The number of rotatable bonds is 6. The molecule has 1 amide bonds. The molecule has 5 nitrogen and oxygen atoms in total. The third-order valence-electron chi connectivity index (χ3n) is 3.95. The van der Waals surface area contributed by atoms with Gasteiger partial charge in [0.15, 0.2) is 0 Å². The van der Waals surface area contributed by atoms with Crippen molar-refractivity contribution in [1.82, 2.24) is 15.2 Å². The fourth-order valence-electron chi connectivity index (χ4n) is 2.87. The molecule has 0 aliphatic carbocycles. The molecule has 0 radical (unpaired) electrons. The zero-order valence-corrected chi connectivity index (χ0v) is 13.6. The topological polar surface area (TPSA) is 58.4 Å². The standard InChI is InChI=1S/C16H21N3O2S/c1-12-18-13(11-22-12)9-16(20)17-10-14(15-5-4-8-21-15)19-6-2-3-7-19/h4-5,8,11,14H,2-3,6-7,9-10H2,1H3,(H,17,20)/t14-/m0/s1. The minimum Gasteiger partial charge on any atom is -0.468 e. The van der Waals surface area contributed by atoms with Gasteiger partial charge in [0.05, 0.1) is 29.4 Å². The molecule has 1 aliphatic heterocycles. The van der Waals surface area contributed by atoms with Gasteiger partial charge in [0.25, 0.3) is 0 Å². The third kappa shape index (κ3) is 3.75. The Hall–Kier alpha value is -1.66. The highest BCUT2D eigenvalue weighted by Gasteiger charge is 2.25. The lowest BCUT2D eigenvalue weighted by molar-refractivity contribution is -0.120. The molecule has 3 heterocycles. The van der Waals surface area contributed by atoms with Crippen molar-refractivity contribution in [2.24, 2.45) is 0 Å². The summed E-state index contributed by atoms with van der Waals surface area (Å²) in [4.78, 5) is 18.8. The van der Waals surface area contributed by atoms with Crippen LogP contribution in [0.15, 0.2) is 28.2 Å². The van der Waals surface area contributed by atoms with Crippen LogP contribution in [-0.2, 0) is 11.2 Å². The normalized spacial score (nSPS) is 16.8. The zero-order valence-electron chi connectivity index (χ0n) is 12.7. The van der Waals surface area contributed by atoms with Gasteiger partial charge < -0.3 is 9.73 Å². The lowest BCUT2D eigenvalue weighted by Gasteiger charge is -2.25. The van der Waals surface area contributed by atoms with Crippen LogP contribution in [0.2, 0.25) is 0 Å². The monoisotopic (exact) mass is 319 g/mol. The summed E-state index contributed by atoms with van der Waals surface area (Å²) in [6.45, 7) is 4.65. The van der Waals surface area contributed by atoms with Crippen molar-refractivity contribution in [3.8, 4) is 0 Å². The highest BCUT2D eigenvalue weighted by Crippen LogP contribution is 2.24.